The van der Waals surface area contributed by atoms with E-state index < -0.39 is 0 Å². The number of piperazine rings is 1. The third-order valence-electron chi connectivity index (χ3n) is 5.18. The van der Waals surface area contributed by atoms with E-state index in [4.69, 9.17) is 4.52 Å². The Balaban J connectivity index is 1.38. The van der Waals surface area contributed by atoms with Gasteiger partial charge in [-0.15, -0.1) is 10.2 Å². The van der Waals surface area contributed by atoms with E-state index in [9.17, 15) is 4.79 Å². The van der Waals surface area contributed by atoms with Crippen molar-refractivity contribution in [2.75, 3.05) is 31.1 Å². The summed E-state index contributed by atoms with van der Waals surface area (Å²) < 4.78 is 7.11. The van der Waals surface area contributed by atoms with Crippen LogP contribution in [0.3, 0.4) is 0 Å². The summed E-state index contributed by atoms with van der Waals surface area (Å²) in [6.45, 7) is 8.53. The fraction of sp³-hybridized carbons (Fsp3) is 0.500. The fourth-order valence-electron chi connectivity index (χ4n) is 3.57. The summed E-state index contributed by atoms with van der Waals surface area (Å²) in [7, 11) is 0. The molecule has 1 amide bonds. The first kappa shape index (κ1) is 17.4. The third kappa shape index (κ3) is 3.24. The molecule has 0 bridgehead atoms. The fourth-order valence-corrected chi connectivity index (χ4v) is 3.57. The highest BCUT2D eigenvalue weighted by atomic mass is 16.5. The van der Waals surface area contributed by atoms with Crippen LogP contribution in [-0.2, 0) is 11.2 Å². The quantitative estimate of drug-likeness (QED) is 0.685. The molecule has 4 rings (SSSR count). The van der Waals surface area contributed by atoms with Crippen LogP contribution >= 0.6 is 0 Å². The first-order valence-electron chi connectivity index (χ1n) is 9.15. The first-order chi connectivity index (χ1) is 13.0. The predicted molar refractivity (Wildman–Crippen MR) is 98.6 cm³/mol. The van der Waals surface area contributed by atoms with Gasteiger partial charge in [0.25, 0.3) is 0 Å². The van der Waals surface area contributed by atoms with E-state index in [2.05, 4.69) is 25.2 Å². The highest BCUT2D eigenvalue weighted by Gasteiger charge is 2.24. The van der Waals surface area contributed by atoms with Gasteiger partial charge in [-0.1, -0.05) is 5.16 Å². The second-order valence-electron chi connectivity index (χ2n) is 6.86. The average Bonchev–Trinajstić information content (AvgIpc) is 3.22. The molecule has 0 spiro atoms. The number of aromatic nitrogens is 5. The zero-order chi connectivity index (χ0) is 19.0. The number of nitrogens with zero attached hydrogens (tertiary/aromatic N) is 7. The molecule has 0 N–H and O–H groups in total. The van der Waals surface area contributed by atoms with Crippen LogP contribution in [-0.4, -0.2) is 61.7 Å². The number of rotatable bonds is 4. The average molecular weight is 369 g/mol. The van der Waals surface area contributed by atoms with Crippen LogP contribution in [0.1, 0.15) is 29.3 Å². The molecule has 0 saturated carbocycles. The van der Waals surface area contributed by atoms with Gasteiger partial charge >= 0.3 is 0 Å². The lowest BCUT2D eigenvalue weighted by molar-refractivity contribution is -0.131. The van der Waals surface area contributed by atoms with Crippen LogP contribution in [0.2, 0.25) is 0 Å². The second-order valence-corrected chi connectivity index (χ2v) is 6.86. The van der Waals surface area contributed by atoms with E-state index in [-0.39, 0.29) is 5.91 Å². The topological polar surface area (TPSA) is 92.7 Å². The Morgan fingerprint density at radius 3 is 2.63 bits per heavy atom. The van der Waals surface area contributed by atoms with Gasteiger partial charge in [0.2, 0.25) is 11.6 Å². The molecule has 0 radical (unpaired) electrons. The number of hydrogen-bond donors (Lipinski definition) is 0. The highest BCUT2D eigenvalue weighted by molar-refractivity contribution is 5.77. The normalized spacial score (nSPS) is 14.9. The van der Waals surface area contributed by atoms with Crippen LogP contribution in [0.15, 0.2) is 16.9 Å². The number of aryl methyl sites for hydroxylation is 3. The van der Waals surface area contributed by atoms with Gasteiger partial charge < -0.3 is 14.3 Å². The number of amides is 1. The molecule has 142 valence electrons. The van der Waals surface area contributed by atoms with Gasteiger partial charge in [-0.25, -0.2) is 4.98 Å². The van der Waals surface area contributed by atoms with E-state index in [1.54, 1.807) is 6.20 Å². The molecule has 1 aliphatic rings. The maximum Gasteiger partial charge on any atom is 0.223 e. The summed E-state index contributed by atoms with van der Waals surface area (Å²) in [5, 5.41) is 12.3. The van der Waals surface area contributed by atoms with Crippen molar-refractivity contribution in [1.82, 2.24) is 29.6 Å². The van der Waals surface area contributed by atoms with E-state index in [0.29, 0.717) is 25.9 Å². The molecular weight excluding hydrogens is 346 g/mol. The Labute approximate surface area is 157 Å². The van der Waals surface area contributed by atoms with E-state index in [1.807, 2.05) is 36.3 Å². The van der Waals surface area contributed by atoms with E-state index in [1.165, 1.54) is 0 Å². The summed E-state index contributed by atoms with van der Waals surface area (Å²) in [6.07, 6.45) is 4.77. The standard InChI is InChI=1S/C18H23N7O2/c1-12-15(13(2)27-22-12)4-5-16(26)23-8-10-24(11-9-23)17-18-21-20-14(3)25(18)7-6-19-17/h6-7H,4-5,8-11H2,1-3H3. The monoisotopic (exact) mass is 369 g/mol. The zero-order valence-electron chi connectivity index (χ0n) is 15.8. The Hall–Kier alpha value is -2.97. The molecule has 1 fully saturated rings. The molecule has 0 unspecified atom stereocenters. The smallest absolute Gasteiger partial charge is 0.223 e. The summed E-state index contributed by atoms with van der Waals surface area (Å²) in [4.78, 5) is 21.2. The third-order valence-corrected chi connectivity index (χ3v) is 5.18. The van der Waals surface area contributed by atoms with Gasteiger partial charge in [-0.2, -0.15) is 0 Å². The number of carbonyl (C=O) groups is 1. The Kier molecular flexibility index (Phi) is 4.51. The van der Waals surface area contributed by atoms with Gasteiger partial charge in [-0.05, 0) is 27.2 Å². The van der Waals surface area contributed by atoms with E-state index in [0.717, 1.165) is 47.4 Å². The zero-order valence-corrected chi connectivity index (χ0v) is 15.8. The highest BCUT2D eigenvalue weighted by Crippen LogP contribution is 2.20. The molecular formula is C18H23N7O2. The van der Waals surface area contributed by atoms with Crippen LogP contribution in [0, 0.1) is 20.8 Å². The molecule has 1 saturated heterocycles. The molecule has 3 aromatic rings. The minimum Gasteiger partial charge on any atom is -0.361 e. The first-order valence-corrected chi connectivity index (χ1v) is 9.15. The lowest BCUT2D eigenvalue weighted by Crippen LogP contribution is -2.49. The van der Waals surface area contributed by atoms with Gasteiger partial charge in [-0.3, -0.25) is 9.20 Å². The molecule has 9 heteroatoms. The number of fused-ring (bicyclic) bond motifs is 1. The van der Waals surface area contributed by atoms with Crippen LogP contribution in [0.25, 0.3) is 5.65 Å². The Morgan fingerprint density at radius 2 is 1.93 bits per heavy atom. The molecule has 3 aromatic heterocycles. The maximum atomic E-state index is 12.6. The molecule has 4 heterocycles. The van der Waals surface area contributed by atoms with E-state index >= 15 is 0 Å². The van der Waals surface area contributed by atoms with Gasteiger partial charge in [0.1, 0.15) is 11.6 Å². The minimum absolute atomic E-state index is 0.166. The number of hydrogen-bond acceptors (Lipinski definition) is 7. The molecule has 1 aliphatic heterocycles. The largest absolute Gasteiger partial charge is 0.361 e. The lowest BCUT2D eigenvalue weighted by Gasteiger charge is -2.35. The van der Waals surface area contributed by atoms with Gasteiger partial charge in [0, 0.05) is 50.6 Å². The molecule has 0 atom stereocenters. The summed E-state index contributed by atoms with van der Waals surface area (Å²) in [5.41, 5.74) is 2.67. The Morgan fingerprint density at radius 1 is 1.15 bits per heavy atom. The van der Waals surface area contributed by atoms with Crippen LogP contribution in [0.5, 0.6) is 0 Å². The maximum absolute atomic E-state index is 12.6. The van der Waals surface area contributed by atoms with Crippen molar-refractivity contribution in [2.45, 2.75) is 33.6 Å². The molecule has 27 heavy (non-hydrogen) atoms. The summed E-state index contributed by atoms with van der Waals surface area (Å²) in [5.74, 6) is 2.62. The predicted octanol–water partition coefficient (Wildman–Crippen LogP) is 1.32. The summed E-state index contributed by atoms with van der Waals surface area (Å²) in [6, 6.07) is 0. The molecule has 0 aromatic carbocycles. The lowest BCUT2D eigenvalue weighted by atomic mass is 10.1. The van der Waals surface area contributed by atoms with Crippen molar-refractivity contribution in [3.63, 3.8) is 0 Å². The van der Waals surface area contributed by atoms with Crippen molar-refractivity contribution >= 4 is 17.4 Å². The number of carbonyl (C=O) groups excluding carboxylic acids is 1. The number of anilines is 1. The van der Waals surface area contributed by atoms with Crippen molar-refractivity contribution in [3.8, 4) is 0 Å². The Bertz CT molecular complexity index is 950. The van der Waals surface area contributed by atoms with Gasteiger partial charge in [0.05, 0.1) is 5.69 Å². The molecule has 0 aliphatic carbocycles. The van der Waals surface area contributed by atoms with Crippen molar-refractivity contribution < 1.29 is 9.32 Å². The SMILES string of the molecule is Cc1noc(C)c1CCC(=O)N1CCN(c2nccn3c(C)nnc23)CC1. The van der Waals surface area contributed by atoms with Crippen LogP contribution in [0.4, 0.5) is 5.82 Å². The van der Waals surface area contributed by atoms with Gasteiger partial charge in [0.15, 0.2) is 5.82 Å². The van der Waals surface area contributed by atoms with Crippen molar-refractivity contribution in [2.24, 2.45) is 0 Å². The van der Waals surface area contributed by atoms with Crippen LogP contribution < -0.4 is 4.90 Å². The van der Waals surface area contributed by atoms with Crippen molar-refractivity contribution in [1.29, 1.82) is 0 Å². The second kappa shape index (κ2) is 6.98. The molecule has 9 nitrogen and oxygen atoms in total. The summed E-state index contributed by atoms with van der Waals surface area (Å²) >= 11 is 0. The van der Waals surface area contributed by atoms with Crippen molar-refractivity contribution in [3.05, 3.63) is 35.2 Å². The minimum atomic E-state index is 0.166.